The SMILES string of the molecule is CC(=CC=C1C(=O)N(c2cccc(S(=O)(=O)O)c2)N=C1C)c1c(C)nn(-c2ccc(S(=O)(=O)O)cc2)c1O. The number of nitrogens with zero attached hydrogens (tertiary/aromatic N) is 4. The number of carbonyl (C=O) groups excluding carboxylic acids is 1. The van der Waals surface area contributed by atoms with Crippen LogP contribution in [0.3, 0.4) is 0 Å². The van der Waals surface area contributed by atoms with E-state index in [4.69, 9.17) is 4.55 Å². The fraction of sp³-hybridized carbons (Fsp3) is 0.125. The highest BCUT2D eigenvalue weighted by Gasteiger charge is 2.29. The number of benzene rings is 2. The highest BCUT2D eigenvalue weighted by molar-refractivity contribution is 7.86. The lowest BCUT2D eigenvalue weighted by atomic mass is 10.1. The van der Waals surface area contributed by atoms with E-state index < -0.39 is 26.1 Å². The molecule has 0 bridgehead atoms. The van der Waals surface area contributed by atoms with Crippen LogP contribution in [0.4, 0.5) is 5.69 Å². The zero-order valence-corrected chi connectivity index (χ0v) is 21.9. The Labute approximate surface area is 218 Å². The van der Waals surface area contributed by atoms with E-state index in [0.29, 0.717) is 28.2 Å². The third kappa shape index (κ3) is 5.15. The second-order valence-electron chi connectivity index (χ2n) is 8.37. The number of hydrogen-bond acceptors (Lipinski definition) is 8. The lowest BCUT2D eigenvalue weighted by molar-refractivity contribution is -0.114. The topological polar surface area (TPSA) is 179 Å². The van der Waals surface area contributed by atoms with Gasteiger partial charge in [0.1, 0.15) is 0 Å². The Morgan fingerprint density at radius 3 is 2.16 bits per heavy atom. The van der Waals surface area contributed by atoms with Crippen LogP contribution in [0.15, 0.2) is 81.1 Å². The van der Waals surface area contributed by atoms with E-state index in [9.17, 15) is 31.3 Å². The first-order chi connectivity index (χ1) is 17.7. The molecule has 0 radical (unpaired) electrons. The van der Waals surface area contributed by atoms with E-state index in [2.05, 4.69) is 10.2 Å². The van der Waals surface area contributed by atoms with Gasteiger partial charge in [-0.05, 0) is 74.9 Å². The van der Waals surface area contributed by atoms with Crippen LogP contribution in [-0.4, -0.2) is 52.4 Å². The van der Waals surface area contributed by atoms with Crippen molar-refractivity contribution >= 4 is 43.1 Å². The Hall–Kier alpha value is -4.11. The molecule has 1 aliphatic rings. The molecule has 0 unspecified atom stereocenters. The van der Waals surface area contributed by atoms with Crippen molar-refractivity contribution < 1.29 is 35.8 Å². The van der Waals surface area contributed by atoms with Crippen LogP contribution in [0, 0.1) is 6.92 Å². The monoisotopic (exact) mass is 558 g/mol. The fourth-order valence-electron chi connectivity index (χ4n) is 3.87. The predicted octanol–water partition coefficient (Wildman–Crippen LogP) is 3.13. The molecule has 1 aromatic heterocycles. The average Bonchev–Trinajstić information content (AvgIpc) is 3.30. The number of carbonyl (C=O) groups is 1. The number of rotatable bonds is 6. The van der Waals surface area contributed by atoms with Crippen LogP contribution in [-0.2, 0) is 25.0 Å². The molecule has 14 heteroatoms. The van der Waals surface area contributed by atoms with Crippen LogP contribution < -0.4 is 5.01 Å². The second kappa shape index (κ2) is 9.64. The molecule has 0 saturated carbocycles. The molecular weight excluding hydrogens is 536 g/mol. The molecular formula is C24H22N4O8S2. The van der Waals surface area contributed by atoms with Gasteiger partial charge in [0.05, 0.1) is 43.7 Å². The zero-order valence-electron chi connectivity index (χ0n) is 20.3. The number of hydrazone groups is 1. The summed E-state index contributed by atoms with van der Waals surface area (Å²) in [7, 11) is -8.84. The molecule has 0 saturated heterocycles. The lowest BCUT2D eigenvalue weighted by Gasteiger charge is -2.12. The predicted molar refractivity (Wildman–Crippen MR) is 138 cm³/mol. The van der Waals surface area contributed by atoms with Gasteiger partial charge in [-0.1, -0.05) is 12.1 Å². The minimum atomic E-state index is -4.47. The maximum Gasteiger partial charge on any atom is 0.294 e. The van der Waals surface area contributed by atoms with Crippen LogP contribution >= 0.6 is 0 Å². The second-order valence-corrected chi connectivity index (χ2v) is 11.2. The first-order valence-electron chi connectivity index (χ1n) is 10.9. The van der Waals surface area contributed by atoms with Gasteiger partial charge < -0.3 is 5.11 Å². The van der Waals surface area contributed by atoms with E-state index in [1.807, 2.05) is 0 Å². The first-order valence-corrected chi connectivity index (χ1v) is 13.8. The number of anilines is 1. The summed E-state index contributed by atoms with van der Waals surface area (Å²) < 4.78 is 65.1. The highest BCUT2D eigenvalue weighted by atomic mass is 32.2. The van der Waals surface area contributed by atoms with Gasteiger partial charge in [-0.25, -0.2) is 4.68 Å². The zero-order chi connectivity index (χ0) is 28.0. The van der Waals surface area contributed by atoms with E-state index in [1.165, 1.54) is 53.2 Å². The Morgan fingerprint density at radius 1 is 0.921 bits per heavy atom. The molecule has 3 N–H and O–H groups in total. The van der Waals surface area contributed by atoms with Crippen molar-refractivity contribution in [3.05, 3.63) is 77.5 Å². The van der Waals surface area contributed by atoms with E-state index >= 15 is 0 Å². The first kappa shape index (κ1) is 26.9. The van der Waals surface area contributed by atoms with Crippen molar-refractivity contribution in [1.29, 1.82) is 0 Å². The van der Waals surface area contributed by atoms with Crippen molar-refractivity contribution in [2.45, 2.75) is 30.6 Å². The summed E-state index contributed by atoms with van der Waals surface area (Å²) in [6.07, 6.45) is 3.11. The largest absolute Gasteiger partial charge is 0.493 e. The van der Waals surface area contributed by atoms with Gasteiger partial charge in [0.2, 0.25) is 5.88 Å². The van der Waals surface area contributed by atoms with Crippen LogP contribution in [0.5, 0.6) is 5.88 Å². The third-order valence-electron chi connectivity index (χ3n) is 5.73. The number of allylic oxidation sites excluding steroid dienone is 3. The number of amides is 1. The standard InChI is InChI=1S/C24H22N4O8S2/c1-14(22-16(3)26-27(24(22)30)17-8-10-19(11-9-17)37(31,32)33)7-12-21-15(2)25-28(23(21)29)18-5-4-6-20(13-18)38(34,35)36/h4-13,30H,1-3H3,(H,31,32,33)(H,34,35,36). The summed E-state index contributed by atoms with van der Waals surface area (Å²) in [4.78, 5) is 12.3. The van der Waals surface area contributed by atoms with Gasteiger partial charge in [0, 0.05) is 0 Å². The average molecular weight is 559 g/mol. The quantitative estimate of drug-likeness (QED) is 0.303. The molecule has 0 fully saturated rings. The number of aromatic hydroxyl groups is 1. The number of aryl methyl sites for hydroxylation is 1. The number of aromatic nitrogens is 2. The summed E-state index contributed by atoms with van der Waals surface area (Å²) in [5.41, 5.74) is 2.51. The molecule has 0 aliphatic carbocycles. The van der Waals surface area contributed by atoms with Gasteiger partial charge >= 0.3 is 0 Å². The molecule has 12 nitrogen and oxygen atoms in total. The van der Waals surface area contributed by atoms with Crippen molar-refractivity contribution in [3.63, 3.8) is 0 Å². The number of hydrogen-bond donors (Lipinski definition) is 3. The summed E-state index contributed by atoms with van der Waals surface area (Å²) >= 11 is 0. The Balaban J connectivity index is 1.64. The van der Waals surface area contributed by atoms with Crippen molar-refractivity contribution in [2.75, 3.05) is 5.01 Å². The summed E-state index contributed by atoms with van der Waals surface area (Å²) in [6, 6.07) is 10.3. The third-order valence-corrected chi connectivity index (χ3v) is 7.45. The Bertz CT molecular complexity index is 1770. The minimum Gasteiger partial charge on any atom is -0.493 e. The van der Waals surface area contributed by atoms with E-state index in [0.717, 1.165) is 11.1 Å². The fourth-order valence-corrected chi connectivity index (χ4v) is 4.87. The molecule has 198 valence electrons. The van der Waals surface area contributed by atoms with Gasteiger partial charge in [-0.15, -0.1) is 0 Å². The molecule has 1 amide bonds. The molecule has 38 heavy (non-hydrogen) atoms. The maximum atomic E-state index is 13.0. The van der Waals surface area contributed by atoms with Crippen LogP contribution in [0.1, 0.15) is 25.1 Å². The minimum absolute atomic E-state index is 0.156. The van der Waals surface area contributed by atoms with Crippen molar-refractivity contribution in [1.82, 2.24) is 9.78 Å². The maximum absolute atomic E-state index is 13.0. The Morgan fingerprint density at radius 2 is 1.55 bits per heavy atom. The molecule has 3 aromatic rings. The van der Waals surface area contributed by atoms with Crippen molar-refractivity contribution in [3.8, 4) is 11.6 Å². The molecule has 0 atom stereocenters. The molecule has 4 rings (SSSR count). The lowest BCUT2D eigenvalue weighted by Crippen LogP contribution is -2.21. The van der Waals surface area contributed by atoms with Gasteiger partial charge in [0.25, 0.3) is 26.1 Å². The summed E-state index contributed by atoms with van der Waals surface area (Å²) in [5.74, 6) is -0.740. The molecule has 2 heterocycles. The smallest absolute Gasteiger partial charge is 0.294 e. The normalized spacial score (nSPS) is 15.9. The molecule has 2 aromatic carbocycles. The highest BCUT2D eigenvalue weighted by Crippen LogP contribution is 2.32. The Kier molecular flexibility index (Phi) is 6.84. The van der Waals surface area contributed by atoms with Crippen LogP contribution in [0.2, 0.25) is 0 Å². The summed E-state index contributed by atoms with van der Waals surface area (Å²) in [5, 5.41) is 20.4. The molecule has 0 spiro atoms. The van der Waals surface area contributed by atoms with E-state index in [1.54, 1.807) is 26.8 Å². The van der Waals surface area contributed by atoms with Crippen molar-refractivity contribution in [2.24, 2.45) is 5.10 Å². The molecule has 1 aliphatic heterocycles. The van der Waals surface area contributed by atoms with Gasteiger partial charge in [-0.3, -0.25) is 13.9 Å². The van der Waals surface area contributed by atoms with Gasteiger partial charge in [-0.2, -0.15) is 32.0 Å². The van der Waals surface area contributed by atoms with Crippen LogP contribution in [0.25, 0.3) is 11.3 Å². The summed E-state index contributed by atoms with van der Waals surface area (Å²) in [6.45, 7) is 4.97. The van der Waals surface area contributed by atoms with E-state index in [-0.39, 0.29) is 26.9 Å². The van der Waals surface area contributed by atoms with Gasteiger partial charge in [0.15, 0.2) is 0 Å².